The van der Waals surface area contributed by atoms with E-state index in [-0.39, 0.29) is 5.60 Å². The topological polar surface area (TPSA) is 30.5 Å². The summed E-state index contributed by atoms with van der Waals surface area (Å²) in [6, 6.07) is 0.575. The molecule has 4 heteroatoms. The number of hydrogen-bond donors (Lipinski definition) is 1. The van der Waals surface area contributed by atoms with Crippen LogP contribution in [-0.2, 0) is 9.47 Å². The maximum absolute atomic E-state index is 6.14. The van der Waals surface area contributed by atoms with Gasteiger partial charge in [-0.25, -0.2) is 0 Å². The molecule has 0 radical (unpaired) electrons. The van der Waals surface area contributed by atoms with E-state index in [1.54, 1.807) is 0 Å². The molecule has 0 aliphatic carbocycles. The van der Waals surface area contributed by atoms with Gasteiger partial charge < -0.3 is 14.8 Å². The summed E-state index contributed by atoms with van der Waals surface area (Å²) < 4.78 is 11.6. The molecule has 4 unspecified atom stereocenters. The van der Waals surface area contributed by atoms with Gasteiger partial charge in [-0.15, -0.1) is 0 Å². The molecular weight excluding hydrogens is 258 g/mol. The second-order valence-corrected chi connectivity index (χ2v) is 7.14. The van der Waals surface area contributed by atoms with Crippen LogP contribution in [0.1, 0.15) is 39.5 Å². The van der Waals surface area contributed by atoms with E-state index in [0.29, 0.717) is 12.1 Å². The highest BCUT2D eigenvalue weighted by atomic mass is 32.2. The van der Waals surface area contributed by atoms with Gasteiger partial charge in [0.1, 0.15) is 0 Å². The number of methoxy groups -OCH3 is 1. The zero-order chi connectivity index (χ0) is 13.7. The molecule has 0 aromatic heterocycles. The van der Waals surface area contributed by atoms with Crippen LogP contribution in [0.3, 0.4) is 0 Å². The molecule has 2 rings (SSSR count). The smallest absolute Gasteiger partial charge is 0.0783 e. The number of ether oxygens (including phenoxy) is 2. The van der Waals surface area contributed by atoms with Crippen molar-refractivity contribution in [3.63, 3.8) is 0 Å². The van der Waals surface area contributed by atoms with Crippen LogP contribution >= 0.6 is 11.8 Å². The van der Waals surface area contributed by atoms with Crippen LogP contribution in [0, 0.1) is 5.92 Å². The molecule has 19 heavy (non-hydrogen) atoms. The van der Waals surface area contributed by atoms with Crippen molar-refractivity contribution in [1.29, 1.82) is 0 Å². The quantitative estimate of drug-likeness (QED) is 0.813. The predicted molar refractivity (Wildman–Crippen MR) is 81.9 cm³/mol. The highest BCUT2D eigenvalue weighted by Crippen LogP contribution is 2.41. The Labute approximate surface area is 122 Å². The highest BCUT2D eigenvalue weighted by molar-refractivity contribution is 7.99. The van der Waals surface area contributed by atoms with Gasteiger partial charge in [-0.2, -0.15) is 11.8 Å². The summed E-state index contributed by atoms with van der Waals surface area (Å²) >= 11 is 2.05. The summed E-state index contributed by atoms with van der Waals surface area (Å²) in [5, 5.41) is 3.68. The molecule has 0 aromatic carbocycles. The molecule has 112 valence electrons. The Morgan fingerprint density at radius 3 is 3.00 bits per heavy atom. The van der Waals surface area contributed by atoms with E-state index >= 15 is 0 Å². The van der Waals surface area contributed by atoms with Gasteiger partial charge in [-0.05, 0) is 50.8 Å². The van der Waals surface area contributed by atoms with Crippen LogP contribution in [0.25, 0.3) is 0 Å². The van der Waals surface area contributed by atoms with Crippen molar-refractivity contribution in [2.45, 2.75) is 57.3 Å². The van der Waals surface area contributed by atoms with Crippen LogP contribution in [0.4, 0.5) is 0 Å². The van der Waals surface area contributed by atoms with Crippen molar-refractivity contribution in [2.75, 3.05) is 31.8 Å². The molecule has 1 N–H and O–H groups in total. The van der Waals surface area contributed by atoms with Gasteiger partial charge in [0.15, 0.2) is 0 Å². The van der Waals surface area contributed by atoms with Crippen LogP contribution in [-0.4, -0.2) is 49.5 Å². The first-order valence-electron chi connectivity index (χ1n) is 7.67. The van der Waals surface area contributed by atoms with E-state index in [1.165, 1.54) is 30.8 Å². The van der Waals surface area contributed by atoms with Crippen molar-refractivity contribution >= 4 is 11.8 Å². The number of thioether (sulfide) groups is 1. The van der Waals surface area contributed by atoms with Crippen LogP contribution in [0.5, 0.6) is 0 Å². The van der Waals surface area contributed by atoms with Crippen molar-refractivity contribution in [1.82, 2.24) is 5.32 Å². The summed E-state index contributed by atoms with van der Waals surface area (Å²) in [6.07, 6.45) is 5.11. The second kappa shape index (κ2) is 7.30. The SMILES string of the molecule is CCNC(CC(C)OC)C1CCOC2(CCSC2)C1. The van der Waals surface area contributed by atoms with E-state index in [2.05, 4.69) is 30.9 Å². The summed E-state index contributed by atoms with van der Waals surface area (Å²) in [7, 11) is 1.81. The van der Waals surface area contributed by atoms with Crippen molar-refractivity contribution in [3.8, 4) is 0 Å². The fourth-order valence-electron chi connectivity index (χ4n) is 3.43. The Hall–Kier alpha value is 0.230. The minimum absolute atomic E-state index is 0.192. The molecular formula is C15H29NO2S. The monoisotopic (exact) mass is 287 g/mol. The Bertz CT molecular complexity index is 269. The summed E-state index contributed by atoms with van der Waals surface area (Å²) in [5.74, 6) is 3.21. The maximum atomic E-state index is 6.14. The number of nitrogens with one attached hydrogen (secondary N) is 1. The van der Waals surface area contributed by atoms with E-state index in [0.717, 1.165) is 25.5 Å². The van der Waals surface area contributed by atoms with Gasteiger partial charge in [-0.1, -0.05) is 6.92 Å². The predicted octanol–water partition coefficient (Wildman–Crippen LogP) is 2.69. The van der Waals surface area contributed by atoms with Crippen LogP contribution in [0.15, 0.2) is 0 Å². The third kappa shape index (κ3) is 4.10. The van der Waals surface area contributed by atoms with Gasteiger partial charge in [0, 0.05) is 25.5 Å². The summed E-state index contributed by atoms with van der Waals surface area (Å²) in [5.41, 5.74) is 0.192. The first kappa shape index (κ1) is 15.6. The average molecular weight is 287 g/mol. The minimum atomic E-state index is 0.192. The third-order valence-corrected chi connectivity index (χ3v) is 5.84. The van der Waals surface area contributed by atoms with Gasteiger partial charge in [0.2, 0.25) is 0 Å². The molecule has 2 aliphatic heterocycles. The van der Waals surface area contributed by atoms with E-state index in [9.17, 15) is 0 Å². The molecule has 2 aliphatic rings. The fraction of sp³-hybridized carbons (Fsp3) is 1.00. The van der Waals surface area contributed by atoms with E-state index in [1.807, 2.05) is 7.11 Å². The van der Waals surface area contributed by atoms with Crippen LogP contribution < -0.4 is 5.32 Å². The maximum Gasteiger partial charge on any atom is 0.0783 e. The summed E-state index contributed by atoms with van der Waals surface area (Å²) in [4.78, 5) is 0. The molecule has 0 amide bonds. The molecule has 4 atom stereocenters. The standard InChI is InChI=1S/C15H29NO2S/c1-4-16-14(9-12(2)17-3)13-5-7-18-15(10-13)6-8-19-11-15/h12-14,16H,4-11H2,1-3H3. The Kier molecular flexibility index (Phi) is 6.00. The lowest BCUT2D eigenvalue weighted by atomic mass is 9.79. The zero-order valence-electron chi connectivity index (χ0n) is 12.6. The average Bonchev–Trinajstić information content (AvgIpc) is 2.86. The van der Waals surface area contributed by atoms with Gasteiger partial charge in [0.05, 0.1) is 11.7 Å². The molecule has 2 saturated heterocycles. The molecule has 0 saturated carbocycles. The van der Waals surface area contributed by atoms with Crippen molar-refractivity contribution < 1.29 is 9.47 Å². The van der Waals surface area contributed by atoms with Gasteiger partial charge in [-0.3, -0.25) is 0 Å². The zero-order valence-corrected chi connectivity index (χ0v) is 13.4. The first-order valence-corrected chi connectivity index (χ1v) is 8.82. The number of rotatable bonds is 6. The molecule has 0 aromatic rings. The van der Waals surface area contributed by atoms with Crippen molar-refractivity contribution in [3.05, 3.63) is 0 Å². The van der Waals surface area contributed by atoms with Gasteiger partial charge >= 0.3 is 0 Å². The Morgan fingerprint density at radius 2 is 2.37 bits per heavy atom. The minimum Gasteiger partial charge on any atom is -0.382 e. The third-order valence-electron chi connectivity index (χ3n) is 4.62. The largest absolute Gasteiger partial charge is 0.382 e. The fourth-order valence-corrected chi connectivity index (χ4v) is 4.81. The normalized spacial score (nSPS) is 34.6. The molecule has 2 heterocycles. The lowest BCUT2D eigenvalue weighted by Gasteiger charge is -2.41. The number of hydrogen-bond acceptors (Lipinski definition) is 4. The lowest BCUT2D eigenvalue weighted by molar-refractivity contribution is -0.0874. The Morgan fingerprint density at radius 1 is 1.53 bits per heavy atom. The van der Waals surface area contributed by atoms with E-state index < -0.39 is 0 Å². The first-order chi connectivity index (χ1) is 9.19. The van der Waals surface area contributed by atoms with Crippen molar-refractivity contribution in [2.24, 2.45) is 5.92 Å². The molecule has 0 bridgehead atoms. The Balaban J connectivity index is 1.95. The van der Waals surface area contributed by atoms with E-state index in [4.69, 9.17) is 9.47 Å². The van der Waals surface area contributed by atoms with Crippen LogP contribution in [0.2, 0.25) is 0 Å². The second-order valence-electron chi connectivity index (χ2n) is 6.03. The molecule has 2 fully saturated rings. The highest BCUT2D eigenvalue weighted by Gasteiger charge is 2.42. The molecule has 3 nitrogen and oxygen atoms in total. The molecule has 1 spiro atoms. The lowest BCUT2D eigenvalue weighted by Crippen LogP contribution is -2.48. The van der Waals surface area contributed by atoms with Gasteiger partial charge in [0.25, 0.3) is 0 Å². The summed E-state index contributed by atoms with van der Waals surface area (Å²) in [6.45, 7) is 6.35.